The second-order valence-corrected chi connectivity index (χ2v) is 9.65. The Hall–Kier alpha value is -4.44. The molecule has 188 valence electrons. The number of hydrogen-bond donors (Lipinski definition) is 2. The van der Waals surface area contributed by atoms with E-state index in [0.717, 1.165) is 11.3 Å². The molecular formula is C27H25N5O4S. The number of rotatable bonds is 5. The van der Waals surface area contributed by atoms with Gasteiger partial charge in [0.1, 0.15) is 0 Å². The fourth-order valence-corrected chi connectivity index (χ4v) is 5.35. The maximum absolute atomic E-state index is 13.8. The number of aromatic nitrogens is 3. The van der Waals surface area contributed by atoms with E-state index in [9.17, 15) is 14.7 Å². The molecule has 0 radical (unpaired) electrons. The number of anilines is 1. The minimum Gasteiger partial charge on any atom is -0.504 e. The molecule has 0 bridgehead atoms. The second-order valence-electron chi connectivity index (χ2n) is 8.64. The summed E-state index contributed by atoms with van der Waals surface area (Å²) in [6.07, 6.45) is 3.50. The highest BCUT2D eigenvalue weighted by molar-refractivity contribution is 7.07. The molecule has 1 amide bonds. The minimum absolute atomic E-state index is 0.0401. The van der Waals surface area contributed by atoms with E-state index in [2.05, 4.69) is 15.4 Å². The number of phenols is 1. The van der Waals surface area contributed by atoms with Gasteiger partial charge in [-0.2, -0.15) is 5.10 Å². The monoisotopic (exact) mass is 515 g/mol. The Labute approximate surface area is 216 Å². The molecule has 0 saturated carbocycles. The summed E-state index contributed by atoms with van der Waals surface area (Å²) in [5, 5.41) is 17.4. The van der Waals surface area contributed by atoms with Gasteiger partial charge in [0.15, 0.2) is 16.3 Å². The molecule has 0 aliphatic carbocycles. The van der Waals surface area contributed by atoms with Gasteiger partial charge in [-0.1, -0.05) is 35.6 Å². The summed E-state index contributed by atoms with van der Waals surface area (Å²) in [5.74, 6) is -0.174. The van der Waals surface area contributed by atoms with Crippen LogP contribution in [0.25, 0.3) is 6.08 Å². The number of ether oxygens (including phenoxy) is 1. The first kappa shape index (κ1) is 24.3. The van der Waals surface area contributed by atoms with E-state index in [0.29, 0.717) is 31.9 Å². The normalized spacial score (nSPS) is 15.4. The number of carbonyl (C=O) groups excluding carboxylic acids is 1. The fraction of sp³-hybridized carbons (Fsp3) is 0.185. The van der Waals surface area contributed by atoms with Crippen molar-refractivity contribution >= 4 is 29.0 Å². The van der Waals surface area contributed by atoms with Gasteiger partial charge in [-0.3, -0.25) is 18.8 Å². The molecule has 0 fully saturated rings. The molecule has 2 aromatic carbocycles. The highest BCUT2D eigenvalue weighted by atomic mass is 32.1. The van der Waals surface area contributed by atoms with Crippen molar-refractivity contribution in [2.45, 2.75) is 19.9 Å². The van der Waals surface area contributed by atoms with Crippen LogP contribution in [0.4, 0.5) is 5.69 Å². The van der Waals surface area contributed by atoms with E-state index in [1.807, 2.05) is 32.2 Å². The van der Waals surface area contributed by atoms with Crippen molar-refractivity contribution in [3.8, 4) is 11.5 Å². The van der Waals surface area contributed by atoms with Gasteiger partial charge < -0.3 is 15.2 Å². The van der Waals surface area contributed by atoms with E-state index in [-0.39, 0.29) is 23.0 Å². The number of benzene rings is 2. The first-order valence-electron chi connectivity index (χ1n) is 11.5. The zero-order valence-corrected chi connectivity index (χ0v) is 21.5. The van der Waals surface area contributed by atoms with Crippen LogP contribution in [0.2, 0.25) is 0 Å². The lowest BCUT2D eigenvalue weighted by Gasteiger charge is -2.25. The van der Waals surface area contributed by atoms with Gasteiger partial charge in [0, 0.05) is 24.0 Å². The van der Waals surface area contributed by atoms with Gasteiger partial charge in [-0.05, 0) is 49.8 Å². The third-order valence-corrected chi connectivity index (χ3v) is 7.36. The topological polar surface area (TPSA) is 111 Å². The highest BCUT2D eigenvalue weighted by Crippen LogP contribution is 2.35. The van der Waals surface area contributed by atoms with Crippen molar-refractivity contribution in [2.24, 2.45) is 12.0 Å². The summed E-state index contributed by atoms with van der Waals surface area (Å²) < 4.78 is 9.07. The molecule has 37 heavy (non-hydrogen) atoms. The van der Waals surface area contributed by atoms with Crippen LogP contribution in [0.5, 0.6) is 11.5 Å². The van der Waals surface area contributed by atoms with Crippen LogP contribution in [-0.4, -0.2) is 32.5 Å². The molecule has 0 spiro atoms. The summed E-state index contributed by atoms with van der Waals surface area (Å²) in [6.45, 7) is 3.69. The van der Waals surface area contributed by atoms with E-state index in [1.165, 1.54) is 29.1 Å². The van der Waals surface area contributed by atoms with Gasteiger partial charge in [-0.25, -0.2) is 4.99 Å². The van der Waals surface area contributed by atoms with Crippen LogP contribution in [-0.2, 0) is 11.8 Å². The maximum Gasteiger partial charge on any atom is 0.271 e. The smallest absolute Gasteiger partial charge is 0.271 e. The number of aryl methyl sites for hydroxylation is 1. The lowest BCUT2D eigenvalue weighted by Crippen LogP contribution is -2.40. The number of nitrogens with zero attached hydrogens (tertiary/aromatic N) is 4. The lowest BCUT2D eigenvalue weighted by molar-refractivity contribution is -0.113. The Morgan fingerprint density at radius 1 is 1.19 bits per heavy atom. The molecule has 1 aliphatic heterocycles. The fourth-order valence-electron chi connectivity index (χ4n) is 4.31. The van der Waals surface area contributed by atoms with Crippen molar-refractivity contribution < 1.29 is 14.6 Å². The molecule has 1 aliphatic rings. The highest BCUT2D eigenvalue weighted by Gasteiger charge is 2.33. The van der Waals surface area contributed by atoms with Gasteiger partial charge in [-0.15, -0.1) is 0 Å². The molecule has 2 N–H and O–H groups in total. The molecule has 9 nitrogen and oxygen atoms in total. The largest absolute Gasteiger partial charge is 0.504 e. The summed E-state index contributed by atoms with van der Waals surface area (Å²) in [4.78, 5) is 32.5. The lowest BCUT2D eigenvalue weighted by atomic mass is 9.94. The van der Waals surface area contributed by atoms with Crippen LogP contribution in [0.1, 0.15) is 29.8 Å². The summed E-state index contributed by atoms with van der Waals surface area (Å²) >= 11 is 1.25. The van der Waals surface area contributed by atoms with E-state index >= 15 is 0 Å². The third-order valence-electron chi connectivity index (χ3n) is 6.38. The number of nitrogens with one attached hydrogen (secondary N) is 1. The van der Waals surface area contributed by atoms with E-state index in [1.54, 1.807) is 48.1 Å². The summed E-state index contributed by atoms with van der Waals surface area (Å²) in [6, 6.07) is 13.1. The van der Waals surface area contributed by atoms with E-state index in [4.69, 9.17) is 4.74 Å². The quantitative estimate of drug-likeness (QED) is 0.425. The Morgan fingerprint density at radius 2 is 1.95 bits per heavy atom. The molecule has 5 rings (SSSR count). The Balaban J connectivity index is 1.71. The van der Waals surface area contributed by atoms with Crippen molar-refractivity contribution in [1.29, 1.82) is 0 Å². The number of phenolic OH excluding ortho intramolecular Hbond substituents is 1. The Morgan fingerprint density at radius 3 is 2.62 bits per heavy atom. The van der Waals surface area contributed by atoms with Crippen LogP contribution < -0.4 is 24.9 Å². The van der Waals surface area contributed by atoms with Gasteiger partial charge in [0.05, 0.1) is 35.2 Å². The summed E-state index contributed by atoms with van der Waals surface area (Å²) in [5.41, 5.74) is 3.52. The standard InChI is InChI=1S/C27H25N5O4S/c1-15-23(25(34)30-19-8-6-5-7-9-19)24(17-10-11-20(33)21(12-17)36-4)32-26(35)22(37-27(32)29-15)13-18-14-28-31(3)16(18)2/h5-14,24,33H,1-4H3,(H,30,34)/b22-13+. The number of fused-ring (bicyclic) bond motifs is 1. The Kier molecular flexibility index (Phi) is 6.26. The predicted octanol–water partition coefficient (Wildman–Crippen LogP) is 2.63. The molecule has 2 aromatic heterocycles. The molecule has 1 unspecified atom stereocenters. The zero-order valence-electron chi connectivity index (χ0n) is 20.7. The van der Waals surface area contributed by atoms with Gasteiger partial charge in [0.2, 0.25) is 0 Å². The molecule has 3 heterocycles. The first-order valence-corrected chi connectivity index (χ1v) is 12.3. The van der Waals surface area contributed by atoms with Gasteiger partial charge >= 0.3 is 0 Å². The van der Waals surface area contributed by atoms with E-state index < -0.39 is 6.04 Å². The number of aromatic hydroxyl groups is 1. The van der Waals surface area contributed by atoms with Crippen LogP contribution in [0.15, 0.2) is 75.8 Å². The number of thiazole rings is 1. The SMILES string of the molecule is COc1cc(C2C(C(=O)Nc3ccccc3)=C(C)N=c3s/c(=C/c4cnn(C)c4C)c(=O)n32)ccc1O. The number of methoxy groups -OCH3 is 1. The number of hydrogen-bond acceptors (Lipinski definition) is 7. The van der Waals surface area contributed by atoms with Crippen molar-refractivity contribution in [2.75, 3.05) is 12.4 Å². The predicted molar refractivity (Wildman–Crippen MR) is 141 cm³/mol. The van der Waals surface area contributed by atoms with Crippen LogP contribution in [0.3, 0.4) is 0 Å². The second kappa shape index (κ2) is 9.55. The average molecular weight is 516 g/mol. The van der Waals surface area contributed by atoms with Gasteiger partial charge in [0.25, 0.3) is 11.5 Å². The van der Waals surface area contributed by atoms with Crippen LogP contribution in [0, 0.1) is 6.92 Å². The average Bonchev–Trinajstić information content (AvgIpc) is 3.37. The first-order chi connectivity index (χ1) is 17.8. The maximum atomic E-state index is 13.8. The minimum atomic E-state index is -0.786. The zero-order chi connectivity index (χ0) is 26.3. The molecule has 4 aromatic rings. The van der Waals surface area contributed by atoms with Crippen LogP contribution >= 0.6 is 11.3 Å². The molecule has 0 saturated heterocycles. The summed E-state index contributed by atoms with van der Waals surface area (Å²) in [7, 11) is 3.29. The molecular weight excluding hydrogens is 490 g/mol. The van der Waals surface area contributed by atoms with Crippen molar-refractivity contribution in [3.63, 3.8) is 0 Å². The number of allylic oxidation sites excluding steroid dienone is 1. The van der Waals surface area contributed by atoms with Crippen molar-refractivity contribution in [3.05, 3.63) is 103 Å². The number of para-hydroxylation sites is 1. The number of carbonyl (C=O) groups is 1. The molecule has 10 heteroatoms. The molecule has 1 atom stereocenters. The third kappa shape index (κ3) is 4.36. The Bertz CT molecular complexity index is 1730. The van der Waals surface area contributed by atoms with Crippen molar-refractivity contribution in [1.82, 2.24) is 14.3 Å². The number of amides is 1.